The molecule has 15 nitrogen and oxygen atoms in total. The Bertz CT molecular complexity index is 1430. The van der Waals surface area contributed by atoms with Crippen molar-refractivity contribution >= 4 is 23.9 Å². The summed E-state index contributed by atoms with van der Waals surface area (Å²) >= 11 is 0. The molecule has 2 aromatic rings. The normalized spacial score (nSPS) is 31.1. The van der Waals surface area contributed by atoms with Crippen LogP contribution in [0.4, 0.5) is 0 Å². The molecule has 50 heavy (non-hydrogen) atoms. The molecule has 0 radical (unpaired) electrons. The Morgan fingerprint density at radius 2 is 1.40 bits per heavy atom. The van der Waals surface area contributed by atoms with Crippen LogP contribution < -0.4 is 0 Å². The molecule has 3 saturated heterocycles. The van der Waals surface area contributed by atoms with Gasteiger partial charge in [0.1, 0.15) is 37.1 Å². The molecule has 0 aliphatic carbocycles. The number of carbonyl (C=O) groups is 4. The van der Waals surface area contributed by atoms with Crippen LogP contribution in [0, 0.1) is 0 Å². The number of fused-ring (bicyclic) bond motifs is 1. The fourth-order valence-corrected chi connectivity index (χ4v) is 6.08. The number of hydrogen-bond donors (Lipinski definition) is 0. The fourth-order valence-electron chi connectivity index (χ4n) is 6.08. The highest BCUT2D eigenvalue weighted by molar-refractivity contribution is 5.68. The summed E-state index contributed by atoms with van der Waals surface area (Å²) in [5.41, 5.74) is 1.61. The van der Waals surface area contributed by atoms with Crippen LogP contribution in [0.25, 0.3) is 0 Å². The van der Waals surface area contributed by atoms with E-state index in [1.54, 1.807) is 0 Å². The average molecular weight is 703 g/mol. The van der Waals surface area contributed by atoms with Crippen LogP contribution in [-0.2, 0) is 77.9 Å². The summed E-state index contributed by atoms with van der Waals surface area (Å²) in [6.07, 6.45) is -12.1. The van der Waals surface area contributed by atoms with Gasteiger partial charge in [0.2, 0.25) is 0 Å². The molecule has 5 rings (SSSR count). The van der Waals surface area contributed by atoms with Crippen LogP contribution >= 0.6 is 0 Å². The van der Waals surface area contributed by atoms with E-state index in [4.69, 9.17) is 52.1 Å². The predicted molar refractivity (Wildman–Crippen MR) is 168 cm³/mol. The van der Waals surface area contributed by atoms with Crippen LogP contribution in [0.5, 0.6) is 0 Å². The zero-order valence-electron chi connectivity index (χ0n) is 28.4. The molecule has 0 bridgehead atoms. The lowest BCUT2D eigenvalue weighted by Gasteiger charge is -2.49. The summed E-state index contributed by atoms with van der Waals surface area (Å²) in [6, 6.07) is 18.7. The minimum Gasteiger partial charge on any atom is -0.462 e. The van der Waals surface area contributed by atoms with Crippen molar-refractivity contribution in [1.82, 2.24) is 0 Å². The topological polar surface area (TPSA) is 170 Å². The minimum atomic E-state index is -1.45. The molecule has 15 heteroatoms. The van der Waals surface area contributed by atoms with E-state index in [0.29, 0.717) is 0 Å². The van der Waals surface area contributed by atoms with Gasteiger partial charge < -0.3 is 52.1 Å². The van der Waals surface area contributed by atoms with E-state index in [2.05, 4.69) is 0 Å². The summed E-state index contributed by atoms with van der Waals surface area (Å²) < 4.78 is 65.7. The second-order valence-corrected chi connectivity index (χ2v) is 11.9. The van der Waals surface area contributed by atoms with Gasteiger partial charge in [-0.3, -0.25) is 19.2 Å². The van der Waals surface area contributed by atoms with Crippen LogP contribution in [0.2, 0.25) is 0 Å². The van der Waals surface area contributed by atoms with Gasteiger partial charge in [0, 0.05) is 40.4 Å². The van der Waals surface area contributed by atoms with Crippen molar-refractivity contribution in [3.63, 3.8) is 0 Å². The first-order chi connectivity index (χ1) is 24.0. The number of ether oxygens (including phenoxy) is 11. The SMILES string of the molecule is CO[C@H]1O[C@@H]2CO[C@@H](c3ccccc3)O[C@H]2[C@H](O[C@@H]2O[C@@H]([C@H](COC(C)=O)OC(C)=O)[C@H](OC(C)=O)[C@H]2OC(C)=O)[C@@H]1OCc1ccccc1. The molecule has 3 fully saturated rings. The Morgan fingerprint density at radius 3 is 2.02 bits per heavy atom. The van der Waals surface area contributed by atoms with Crippen LogP contribution in [0.1, 0.15) is 45.1 Å². The highest BCUT2D eigenvalue weighted by atomic mass is 16.8. The first-order valence-corrected chi connectivity index (χ1v) is 16.2. The van der Waals surface area contributed by atoms with Gasteiger partial charge in [-0.2, -0.15) is 0 Å². The first-order valence-electron chi connectivity index (χ1n) is 16.2. The van der Waals surface area contributed by atoms with Gasteiger partial charge in [-0.25, -0.2) is 0 Å². The summed E-state index contributed by atoms with van der Waals surface area (Å²) in [7, 11) is 1.46. The summed E-state index contributed by atoms with van der Waals surface area (Å²) in [5.74, 6) is -2.87. The molecule has 2 aromatic carbocycles. The molecule has 272 valence electrons. The Kier molecular flexibility index (Phi) is 12.9. The summed E-state index contributed by atoms with van der Waals surface area (Å²) in [4.78, 5) is 48.7. The Balaban J connectivity index is 1.51. The Hall–Kier alpha value is -3.96. The molecule has 0 N–H and O–H groups in total. The molecule has 0 aromatic heterocycles. The number of hydrogen-bond acceptors (Lipinski definition) is 15. The van der Waals surface area contributed by atoms with E-state index in [0.717, 1.165) is 25.0 Å². The highest BCUT2D eigenvalue weighted by Crippen LogP contribution is 2.40. The van der Waals surface area contributed by atoms with Gasteiger partial charge in [-0.1, -0.05) is 60.7 Å². The van der Waals surface area contributed by atoms with Crippen molar-refractivity contribution in [2.45, 2.75) is 102 Å². The molecule has 3 heterocycles. The lowest BCUT2D eigenvalue weighted by molar-refractivity contribution is -0.382. The van der Waals surface area contributed by atoms with Crippen molar-refractivity contribution < 1.29 is 71.3 Å². The predicted octanol–water partition coefficient (Wildman–Crippen LogP) is 2.53. The summed E-state index contributed by atoms with van der Waals surface area (Å²) in [6.45, 7) is 4.44. The molecular weight excluding hydrogens is 660 g/mol. The number of benzene rings is 2. The van der Waals surface area contributed by atoms with Gasteiger partial charge in [-0.15, -0.1) is 0 Å². The lowest BCUT2D eigenvalue weighted by atomic mass is 9.97. The fraction of sp³-hybridized carbons (Fsp3) is 0.543. The van der Waals surface area contributed by atoms with Crippen molar-refractivity contribution in [3.8, 4) is 0 Å². The maximum absolute atomic E-state index is 12.5. The summed E-state index contributed by atoms with van der Waals surface area (Å²) in [5, 5.41) is 0. The third kappa shape index (κ3) is 9.42. The van der Waals surface area contributed by atoms with E-state index in [1.165, 1.54) is 21.0 Å². The van der Waals surface area contributed by atoms with Gasteiger partial charge in [0.05, 0.1) is 13.2 Å². The quantitative estimate of drug-likeness (QED) is 0.220. The zero-order valence-corrected chi connectivity index (χ0v) is 28.4. The van der Waals surface area contributed by atoms with E-state index in [1.807, 2.05) is 60.7 Å². The molecule has 0 saturated carbocycles. The Labute approximate surface area is 289 Å². The van der Waals surface area contributed by atoms with Crippen molar-refractivity contribution in [1.29, 1.82) is 0 Å². The smallest absolute Gasteiger partial charge is 0.303 e. The maximum atomic E-state index is 12.5. The third-order valence-electron chi connectivity index (χ3n) is 8.11. The molecule has 0 unspecified atom stereocenters. The van der Waals surface area contributed by atoms with Gasteiger partial charge in [-0.05, 0) is 5.56 Å². The molecule has 3 aliphatic heterocycles. The molecular formula is C35H42O15. The van der Waals surface area contributed by atoms with E-state index in [-0.39, 0.29) is 13.2 Å². The highest BCUT2D eigenvalue weighted by Gasteiger charge is 2.58. The minimum absolute atomic E-state index is 0.101. The average Bonchev–Trinajstić information content (AvgIpc) is 3.40. The Morgan fingerprint density at radius 1 is 0.740 bits per heavy atom. The molecule has 3 aliphatic rings. The van der Waals surface area contributed by atoms with Gasteiger partial charge in [0.25, 0.3) is 0 Å². The van der Waals surface area contributed by atoms with Crippen LogP contribution in [0.15, 0.2) is 60.7 Å². The first kappa shape index (κ1) is 37.3. The zero-order chi connectivity index (χ0) is 35.8. The molecule has 11 atom stereocenters. The van der Waals surface area contributed by atoms with Crippen molar-refractivity contribution in [3.05, 3.63) is 71.8 Å². The van der Waals surface area contributed by atoms with E-state index in [9.17, 15) is 19.2 Å². The van der Waals surface area contributed by atoms with Crippen molar-refractivity contribution in [2.24, 2.45) is 0 Å². The van der Waals surface area contributed by atoms with Gasteiger partial charge in [0.15, 0.2) is 37.2 Å². The molecule has 0 spiro atoms. The maximum Gasteiger partial charge on any atom is 0.303 e. The number of methoxy groups -OCH3 is 1. The second kappa shape index (κ2) is 17.3. The largest absolute Gasteiger partial charge is 0.462 e. The third-order valence-corrected chi connectivity index (χ3v) is 8.11. The molecule has 0 amide bonds. The van der Waals surface area contributed by atoms with E-state index < -0.39 is 98.2 Å². The lowest BCUT2D eigenvalue weighted by Crippen LogP contribution is -2.64. The number of rotatable bonds is 13. The number of esters is 4. The van der Waals surface area contributed by atoms with Crippen LogP contribution in [0.3, 0.4) is 0 Å². The second-order valence-electron chi connectivity index (χ2n) is 11.9. The number of carbonyl (C=O) groups excluding carboxylic acids is 4. The van der Waals surface area contributed by atoms with Crippen molar-refractivity contribution in [2.75, 3.05) is 20.3 Å². The van der Waals surface area contributed by atoms with Gasteiger partial charge >= 0.3 is 23.9 Å². The van der Waals surface area contributed by atoms with Crippen LogP contribution in [-0.4, -0.2) is 106 Å². The van der Waals surface area contributed by atoms with E-state index >= 15 is 0 Å². The standard InChI is InChI=1S/C35H42O15/c1-19(36)41-17-25(44-20(2)37)27-30(45-21(3)38)32(46-22(4)39)35(49-27)50-29-28-26(18-43-33(48-28)24-14-10-7-11-15-24)47-34(40-5)31(29)42-16-23-12-8-6-9-13-23/h6-15,25-35H,16-18H2,1-5H3/t25-,26+,27-,28+,29-,30-,31-,32+,33+,34-,35-/m0/s1. The monoisotopic (exact) mass is 702 g/mol.